The summed E-state index contributed by atoms with van der Waals surface area (Å²) in [5.41, 5.74) is 0.403. The first-order chi connectivity index (χ1) is 12.5. The van der Waals surface area contributed by atoms with E-state index in [4.69, 9.17) is 9.47 Å². The number of amides is 1. The number of benzene rings is 1. The molecule has 8 nitrogen and oxygen atoms in total. The average molecular weight is 383 g/mol. The number of methoxy groups -OCH3 is 1. The third kappa shape index (κ3) is 4.17. The number of anilines is 1. The van der Waals surface area contributed by atoms with Crippen LogP contribution < -0.4 is 15.4 Å². The molecule has 3 rings (SSSR count). The van der Waals surface area contributed by atoms with Gasteiger partial charge in [-0.2, -0.15) is 4.31 Å². The predicted molar refractivity (Wildman–Crippen MR) is 96.8 cm³/mol. The molecular weight excluding hydrogens is 358 g/mol. The minimum Gasteiger partial charge on any atom is -0.495 e. The number of carbonyl (C=O) groups excluding carboxylic acids is 1. The van der Waals surface area contributed by atoms with E-state index in [9.17, 15) is 13.2 Å². The van der Waals surface area contributed by atoms with Gasteiger partial charge in [-0.15, -0.1) is 0 Å². The number of hydrogen-bond acceptors (Lipinski definition) is 6. The second-order valence-electron chi connectivity index (χ2n) is 6.38. The van der Waals surface area contributed by atoms with Crippen LogP contribution >= 0.6 is 0 Å². The van der Waals surface area contributed by atoms with Gasteiger partial charge in [0.1, 0.15) is 16.7 Å². The average Bonchev–Trinajstić information content (AvgIpc) is 2.69. The lowest BCUT2D eigenvalue weighted by atomic mass is 10.2. The molecular formula is C17H25N3O5S. The minimum atomic E-state index is -3.67. The van der Waals surface area contributed by atoms with Crippen molar-refractivity contribution in [2.45, 2.75) is 30.3 Å². The number of ether oxygens (including phenoxy) is 2. The smallest absolute Gasteiger partial charge is 0.254 e. The quantitative estimate of drug-likeness (QED) is 0.781. The number of nitrogens with one attached hydrogen (secondary N) is 2. The van der Waals surface area contributed by atoms with Gasteiger partial charge in [-0.1, -0.05) is 6.42 Å². The highest BCUT2D eigenvalue weighted by Gasteiger charge is 2.30. The number of rotatable bonds is 5. The lowest BCUT2D eigenvalue weighted by Crippen LogP contribution is -2.45. The van der Waals surface area contributed by atoms with Crippen molar-refractivity contribution >= 4 is 21.6 Å². The Morgan fingerprint density at radius 3 is 2.73 bits per heavy atom. The Morgan fingerprint density at radius 1 is 1.31 bits per heavy atom. The monoisotopic (exact) mass is 383 g/mol. The SMILES string of the molecule is COc1ccc(NC(=O)C2CNCCO2)cc1S(=O)(=O)N1CCCCC1. The first-order valence-corrected chi connectivity index (χ1v) is 10.3. The number of piperidine rings is 1. The van der Waals surface area contributed by atoms with Crippen molar-refractivity contribution in [3.05, 3.63) is 18.2 Å². The summed E-state index contributed by atoms with van der Waals surface area (Å²) < 4.78 is 38.2. The third-order valence-corrected chi connectivity index (χ3v) is 6.50. The van der Waals surface area contributed by atoms with Crippen molar-refractivity contribution in [3.8, 4) is 5.75 Å². The summed E-state index contributed by atoms with van der Waals surface area (Å²) in [6, 6.07) is 4.64. The molecule has 2 N–H and O–H groups in total. The van der Waals surface area contributed by atoms with Gasteiger partial charge in [-0.3, -0.25) is 4.79 Å². The molecule has 2 fully saturated rings. The number of carbonyl (C=O) groups is 1. The molecule has 2 saturated heterocycles. The van der Waals surface area contributed by atoms with E-state index in [0.29, 0.717) is 38.5 Å². The molecule has 1 atom stereocenters. The third-order valence-electron chi connectivity index (χ3n) is 4.58. The zero-order chi connectivity index (χ0) is 18.6. The van der Waals surface area contributed by atoms with Gasteiger partial charge in [0.25, 0.3) is 5.91 Å². The largest absolute Gasteiger partial charge is 0.495 e. The van der Waals surface area contributed by atoms with Crippen LogP contribution in [0.3, 0.4) is 0 Å². The maximum atomic E-state index is 13.0. The van der Waals surface area contributed by atoms with Gasteiger partial charge in [0, 0.05) is 31.9 Å². The van der Waals surface area contributed by atoms with E-state index in [2.05, 4.69) is 10.6 Å². The van der Waals surface area contributed by atoms with Crippen molar-refractivity contribution in [1.82, 2.24) is 9.62 Å². The second kappa shape index (κ2) is 8.34. The highest BCUT2D eigenvalue weighted by molar-refractivity contribution is 7.89. The fraction of sp³-hybridized carbons (Fsp3) is 0.588. The van der Waals surface area contributed by atoms with Gasteiger partial charge in [0.05, 0.1) is 13.7 Å². The molecule has 0 saturated carbocycles. The van der Waals surface area contributed by atoms with Crippen molar-refractivity contribution in [2.24, 2.45) is 0 Å². The van der Waals surface area contributed by atoms with E-state index in [-0.39, 0.29) is 16.6 Å². The molecule has 26 heavy (non-hydrogen) atoms. The number of sulfonamides is 1. The standard InChI is InChI=1S/C17H25N3O5S/c1-24-14-6-5-13(19-17(21)15-12-18-7-10-25-15)11-16(14)26(22,23)20-8-3-2-4-9-20/h5-6,11,15,18H,2-4,7-10,12H2,1H3,(H,19,21). The molecule has 1 aromatic carbocycles. The Bertz CT molecular complexity index is 741. The van der Waals surface area contributed by atoms with Gasteiger partial charge < -0.3 is 20.1 Å². The molecule has 1 unspecified atom stereocenters. The highest BCUT2D eigenvalue weighted by atomic mass is 32.2. The first kappa shape index (κ1) is 19.1. The minimum absolute atomic E-state index is 0.0717. The van der Waals surface area contributed by atoms with E-state index < -0.39 is 16.1 Å². The molecule has 0 radical (unpaired) electrons. The van der Waals surface area contributed by atoms with E-state index in [1.165, 1.54) is 17.5 Å². The fourth-order valence-corrected chi connectivity index (χ4v) is 4.86. The predicted octanol–water partition coefficient (Wildman–Crippen LogP) is 0.797. The van der Waals surface area contributed by atoms with Crippen molar-refractivity contribution < 1.29 is 22.7 Å². The Labute approximate surface area is 153 Å². The Kier molecular flexibility index (Phi) is 6.13. The van der Waals surface area contributed by atoms with Gasteiger partial charge in [-0.25, -0.2) is 8.42 Å². The van der Waals surface area contributed by atoms with E-state index >= 15 is 0 Å². The molecule has 2 heterocycles. The lowest BCUT2D eigenvalue weighted by Gasteiger charge is -2.27. The van der Waals surface area contributed by atoms with E-state index in [1.54, 1.807) is 12.1 Å². The molecule has 9 heteroatoms. The van der Waals surface area contributed by atoms with Crippen LogP contribution in [0.15, 0.2) is 23.1 Å². The van der Waals surface area contributed by atoms with Crippen LogP contribution in [0.2, 0.25) is 0 Å². The van der Waals surface area contributed by atoms with E-state index in [0.717, 1.165) is 19.3 Å². The summed E-state index contributed by atoms with van der Waals surface area (Å²) >= 11 is 0. The summed E-state index contributed by atoms with van der Waals surface area (Å²) in [4.78, 5) is 12.4. The number of hydrogen-bond donors (Lipinski definition) is 2. The summed E-state index contributed by atoms with van der Waals surface area (Å²) in [6.45, 7) is 2.62. The Balaban J connectivity index is 1.83. The summed E-state index contributed by atoms with van der Waals surface area (Å²) in [5, 5.41) is 5.83. The van der Waals surface area contributed by atoms with Gasteiger partial charge >= 0.3 is 0 Å². The highest BCUT2D eigenvalue weighted by Crippen LogP contribution is 2.31. The van der Waals surface area contributed by atoms with Crippen molar-refractivity contribution in [2.75, 3.05) is 45.2 Å². The van der Waals surface area contributed by atoms with Crippen LogP contribution in [-0.2, 0) is 19.6 Å². The van der Waals surface area contributed by atoms with Crippen LogP contribution in [0, 0.1) is 0 Å². The zero-order valence-electron chi connectivity index (χ0n) is 14.9. The van der Waals surface area contributed by atoms with Gasteiger partial charge in [0.2, 0.25) is 10.0 Å². The molecule has 0 spiro atoms. The zero-order valence-corrected chi connectivity index (χ0v) is 15.7. The fourth-order valence-electron chi connectivity index (χ4n) is 3.16. The van der Waals surface area contributed by atoms with E-state index in [1.807, 2.05) is 0 Å². The number of nitrogens with zero attached hydrogens (tertiary/aromatic N) is 1. The van der Waals surface area contributed by atoms with Crippen LogP contribution in [0.1, 0.15) is 19.3 Å². The molecule has 144 valence electrons. The molecule has 0 bridgehead atoms. The first-order valence-electron chi connectivity index (χ1n) is 8.84. The maximum Gasteiger partial charge on any atom is 0.254 e. The van der Waals surface area contributed by atoms with Crippen LogP contribution in [0.25, 0.3) is 0 Å². The molecule has 2 aliphatic heterocycles. The summed E-state index contributed by atoms with van der Waals surface area (Å²) in [7, 11) is -2.24. The second-order valence-corrected chi connectivity index (χ2v) is 8.29. The van der Waals surface area contributed by atoms with Crippen molar-refractivity contribution in [1.29, 1.82) is 0 Å². The topological polar surface area (TPSA) is 97.0 Å². The van der Waals surface area contributed by atoms with Crippen LogP contribution in [0.5, 0.6) is 5.75 Å². The molecule has 1 amide bonds. The lowest BCUT2D eigenvalue weighted by molar-refractivity contribution is -0.128. The van der Waals surface area contributed by atoms with Gasteiger partial charge in [0.15, 0.2) is 0 Å². The molecule has 1 aromatic rings. The normalized spacial score (nSPS) is 22.0. The maximum absolute atomic E-state index is 13.0. The Morgan fingerprint density at radius 2 is 2.08 bits per heavy atom. The van der Waals surface area contributed by atoms with Crippen LogP contribution in [0.4, 0.5) is 5.69 Å². The van der Waals surface area contributed by atoms with Crippen molar-refractivity contribution in [3.63, 3.8) is 0 Å². The summed E-state index contributed by atoms with van der Waals surface area (Å²) in [6.07, 6.45) is 2.15. The molecule has 0 aliphatic carbocycles. The molecule has 0 aromatic heterocycles. The summed E-state index contributed by atoms with van der Waals surface area (Å²) in [5.74, 6) is -0.0344. The number of morpholine rings is 1. The Hall–Kier alpha value is -1.68. The molecule has 2 aliphatic rings. The van der Waals surface area contributed by atoms with Gasteiger partial charge in [-0.05, 0) is 31.0 Å². The van der Waals surface area contributed by atoms with Crippen LogP contribution in [-0.4, -0.2) is 64.6 Å².